The van der Waals surface area contributed by atoms with Crippen LogP contribution in [0.25, 0.3) is 10.8 Å². The molecule has 142 valence electrons. The van der Waals surface area contributed by atoms with E-state index < -0.39 is 0 Å². The van der Waals surface area contributed by atoms with Crippen molar-refractivity contribution in [3.8, 4) is 5.75 Å². The SMILES string of the molecule is CCC(C)(C)NCc1c(OCc2c(F)cccc2Cl)ccc2ccccc12. The van der Waals surface area contributed by atoms with E-state index in [2.05, 4.69) is 38.2 Å². The molecular formula is C23H25ClFNO. The smallest absolute Gasteiger partial charge is 0.131 e. The number of fused-ring (bicyclic) bond motifs is 1. The fourth-order valence-corrected chi connectivity index (χ4v) is 3.12. The van der Waals surface area contributed by atoms with Crippen LogP contribution < -0.4 is 10.1 Å². The minimum absolute atomic E-state index is 0.0169. The van der Waals surface area contributed by atoms with E-state index in [1.54, 1.807) is 12.1 Å². The second kappa shape index (κ2) is 8.28. The number of nitrogens with one attached hydrogen (secondary N) is 1. The largest absolute Gasteiger partial charge is 0.488 e. The van der Waals surface area contributed by atoms with Crippen LogP contribution in [0.5, 0.6) is 5.75 Å². The van der Waals surface area contributed by atoms with Gasteiger partial charge in [0.1, 0.15) is 18.2 Å². The van der Waals surface area contributed by atoms with Crippen LogP contribution in [0.2, 0.25) is 5.02 Å². The van der Waals surface area contributed by atoms with Gasteiger partial charge in [-0.3, -0.25) is 0 Å². The average Bonchev–Trinajstić information content (AvgIpc) is 2.66. The first kappa shape index (κ1) is 19.7. The Morgan fingerprint density at radius 1 is 1.00 bits per heavy atom. The van der Waals surface area contributed by atoms with Crippen molar-refractivity contribution in [2.45, 2.75) is 45.9 Å². The van der Waals surface area contributed by atoms with Crippen LogP contribution in [-0.4, -0.2) is 5.54 Å². The Morgan fingerprint density at radius 2 is 1.78 bits per heavy atom. The van der Waals surface area contributed by atoms with Gasteiger partial charge in [0, 0.05) is 23.2 Å². The van der Waals surface area contributed by atoms with Crippen molar-refractivity contribution >= 4 is 22.4 Å². The lowest BCUT2D eigenvalue weighted by Gasteiger charge is -2.26. The summed E-state index contributed by atoms with van der Waals surface area (Å²) in [6.07, 6.45) is 1.01. The van der Waals surface area contributed by atoms with E-state index in [0.717, 1.165) is 28.5 Å². The Morgan fingerprint density at radius 3 is 2.52 bits per heavy atom. The number of hydrogen-bond donors (Lipinski definition) is 1. The summed E-state index contributed by atoms with van der Waals surface area (Å²) in [5.41, 5.74) is 1.46. The molecule has 0 bridgehead atoms. The molecule has 0 saturated carbocycles. The number of hydrogen-bond acceptors (Lipinski definition) is 2. The predicted octanol–water partition coefficient (Wildman–Crippen LogP) is 6.49. The lowest BCUT2D eigenvalue weighted by Crippen LogP contribution is -2.37. The Kier molecular flexibility index (Phi) is 6.03. The van der Waals surface area contributed by atoms with Crippen LogP contribution in [0, 0.1) is 5.82 Å². The van der Waals surface area contributed by atoms with Gasteiger partial charge in [0.15, 0.2) is 0 Å². The molecule has 3 aromatic carbocycles. The summed E-state index contributed by atoms with van der Waals surface area (Å²) in [4.78, 5) is 0. The minimum atomic E-state index is -0.352. The lowest BCUT2D eigenvalue weighted by molar-refractivity contribution is 0.294. The Labute approximate surface area is 165 Å². The summed E-state index contributed by atoms with van der Waals surface area (Å²) in [5.74, 6) is 0.391. The van der Waals surface area contributed by atoms with E-state index in [-0.39, 0.29) is 18.0 Å². The molecule has 0 radical (unpaired) electrons. The molecule has 3 rings (SSSR count). The van der Waals surface area contributed by atoms with Crippen molar-refractivity contribution in [3.63, 3.8) is 0 Å². The number of ether oxygens (including phenoxy) is 1. The molecule has 0 unspecified atom stereocenters. The normalized spacial score (nSPS) is 11.7. The molecule has 0 aliphatic carbocycles. The predicted molar refractivity (Wildman–Crippen MR) is 111 cm³/mol. The van der Waals surface area contributed by atoms with Crippen molar-refractivity contribution in [1.82, 2.24) is 5.32 Å². The molecule has 3 aromatic rings. The van der Waals surface area contributed by atoms with Gasteiger partial charge in [0.25, 0.3) is 0 Å². The van der Waals surface area contributed by atoms with Crippen LogP contribution >= 0.6 is 11.6 Å². The second-order valence-electron chi connectivity index (χ2n) is 7.34. The first-order valence-corrected chi connectivity index (χ1v) is 9.60. The van der Waals surface area contributed by atoms with Crippen molar-refractivity contribution in [2.75, 3.05) is 0 Å². The van der Waals surface area contributed by atoms with E-state index in [1.165, 1.54) is 6.07 Å². The molecule has 0 spiro atoms. The van der Waals surface area contributed by atoms with E-state index in [9.17, 15) is 4.39 Å². The number of rotatable bonds is 7. The zero-order valence-corrected chi connectivity index (χ0v) is 16.7. The Hall–Kier alpha value is -2.10. The third-order valence-electron chi connectivity index (χ3n) is 5.06. The lowest BCUT2D eigenvalue weighted by atomic mass is 9.99. The zero-order valence-electron chi connectivity index (χ0n) is 16.0. The van der Waals surface area contributed by atoms with Crippen LogP contribution in [0.1, 0.15) is 38.3 Å². The van der Waals surface area contributed by atoms with E-state index in [1.807, 2.05) is 24.3 Å². The van der Waals surface area contributed by atoms with E-state index >= 15 is 0 Å². The number of halogens is 2. The van der Waals surface area contributed by atoms with Crippen molar-refractivity contribution in [1.29, 1.82) is 0 Å². The van der Waals surface area contributed by atoms with Gasteiger partial charge in [-0.25, -0.2) is 4.39 Å². The van der Waals surface area contributed by atoms with Gasteiger partial charge in [-0.05, 0) is 49.2 Å². The Bertz CT molecular complexity index is 919. The third-order valence-corrected chi connectivity index (χ3v) is 5.41. The van der Waals surface area contributed by atoms with Gasteiger partial charge in [-0.1, -0.05) is 54.9 Å². The fourth-order valence-electron chi connectivity index (χ4n) is 2.91. The van der Waals surface area contributed by atoms with Crippen LogP contribution in [0.3, 0.4) is 0 Å². The second-order valence-corrected chi connectivity index (χ2v) is 7.75. The van der Waals surface area contributed by atoms with E-state index in [0.29, 0.717) is 17.1 Å². The van der Waals surface area contributed by atoms with Gasteiger partial charge in [-0.15, -0.1) is 0 Å². The van der Waals surface area contributed by atoms with Gasteiger partial charge in [0.05, 0.1) is 5.02 Å². The third kappa shape index (κ3) is 4.60. The topological polar surface area (TPSA) is 21.3 Å². The Balaban J connectivity index is 1.93. The molecule has 1 N–H and O–H groups in total. The monoisotopic (exact) mass is 385 g/mol. The van der Waals surface area contributed by atoms with Gasteiger partial charge >= 0.3 is 0 Å². The summed E-state index contributed by atoms with van der Waals surface area (Å²) in [7, 11) is 0. The molecule has 0 aliphatic rings. The van der Waals surface area contributed by atoms with Crippen molar-refractivity contribution < 1.29 is 9.13 Å². The molecule has 4 heteroatoms. The fraction of sp³-hybridized carbons (Fsp3) is 0.304. The molecule has 0 amide bonds. The van der Waals surface area contributed by atoms with E-state index in [4.69, 9.17) is 16.3 Å². The number of benzene rings is 3. The minimum Gasteiger partial charge on any atom is -0.488 e. The molecule has 0 aromatic heterocycles. The summed E-state index contributed by atoms with van der Waals surface area (Å²) >= 11 is 6.14. The van der Waals surface area contributed by atoms with Gasteiger partial charge in [0.2, 0.25) is 0 Å². The summed E-state index contributed by atoms with van der Waals surface area (Å²) in [5, 5.41) is 6.26. The highest BCUT2D eigenvalue weighted by Crippen LogP contribution is 2.30. The highest BCUT2D eigenvalue weighted by atomic mass is 35.5. The zero-order chi connectivity index (χ0) is 19.4. The first-order chi connectivity index (χ1) is 12.9. The maximum absolute atomic E-state index is 14.1. The molecule has 0 heterocycles. The summed E-state index contributed by atoms with van der Waals surface area (Å²) in [6, 6.07) is 16.9. The first-order valence-electron chi connectivity index (χ1n) is 9.22. The maximum atomic E-state index is 14.1. The summed E-state index contributed by atoms with van der Waals surface area (Å²) in [6.45, 7) is 7.28. The molecule has 0 saturated heterocycles. The highest BCUT2D eigenvalue weighted by molar-refractivity contribution is 6.31. The molecule has 0 aliphatic heterocycles. The molecule has 2 nitrogen and oxygen atoms in total. The van der Waals surface area contributed by atoms with Crippen molar-refractivity contribution in [2.24, 2.45) is 0 Å². The van der Waals surface area contributed by atoms with Crippen LogP contribution in [0.15, 0.2) is 54.6 Å². The highest BCUT2D eigenvalue weighted by Gasteiger charge is 2.17. The van der Waals surface area contributed by atoms with Gasteiger partial charge < -0.3 is 10.1 Å². The standard InChI is InChI=1S/C23H25ClFNO/c1-4-23(2,3)26-14-18-17-9-6-5-8-16(17)12-13-22(18)27-15-19-20(24)10-7-11-21(19)25/h5-13,26H,4,14-15H2,1-3H3. The van der Waals surface area contributed by atoms with Crippen molar-refractivity contribution in [3.05, 3.63) is 76.6 Å². The van der Waals surface area contributed by atoms with Crippen LogP contribution in [-0.2, 0) is 13.2 Å². The molecule has 0 atom stereocenters. The van der Waals surface area contributed by atoms with Crippen LogP contribution in [0.4, 0.5) is 4.39 Å². The average molecular weight is 386 g/mol. The molecule has 27 heavy (non-hydrogen) atoms. The molecule has 0 fully saturated rings. The maximum Gasteiger partial charge on any atom is 0.131 e. The van der Waals surface area contributed by atoms with Gasteiger partial charge in [-0.2, -0.15) is 0 Å². The summed E-state index contributed by atoms with van der Waals surface area (Å²) < 4.78 is 20.1. The molecular weight excluding hydrogens is 361 g/mol. The quantitative estimate of drug-likeness (QED) is 0.501.